The topological polar surface area (TPSA) is 79.5 Å². The molecule has 4 N–H and O–H groups in total. The molecule has 22 heavy (non-hydrogen) atoms. The molecule has 6 heteroatoms. The summed E-state index contributed by atoms with van der Waals surface area (Å²) in [6.45, 7) is 3.36. The fourth-order valence-corrected chi connectivity index (χ4v) is 2.24. The first kappa shape index (κ1) is 18.5. The minimum Gasteiger partial charge on any atom is -0.366 e. The first-order valence-corrected chi connectivity index (χ1v) is 7.27. The molecule has 120 valence electrons. The summed E-state index contributed by atoms with van der Waals surface area (Å²) in [7, 11) is 0. The Morgan fingerprint density at radius 1 is 1.36 bits per heavy atom. The van der Waals surface area contributed by atoms with E-state index in [1.807, 2.05) is 19.1 Å². The molecule has 0 fully saturated rings. The number of benzene rings is 1. The van der Waals surface area contributed by atoms with Gasteiger partial charge in [-0.25, -0.2) is 4.99 Å². The number of nitrogens with one attached hydrogen (secondary N) is 2. The van der Waals surface area contributed by atoms with Gasteiger partial charge in [0.2, 0.25) is 5.91 Å². The maximum absolute atomic E-state index is 11.2. The Morgan fingerprint density at radius 3 is 2.73 bits per heavy atom. The van der Waals surface area contributed by atoms with Crippen molar-refractivity contribution in [3.05, 3.63) is 47.5 Å². The molecule has 2 rings (SSSR count). The highest BCUT2D eigenvalue weighted by Gasteiger charge is 2.11. The van der Waals surface area contributed by atoms with Crippen LogP contribution in [0.25, 0.3) is 0 Å². The molecule has 1 aliphatic carbocycles. The largest absolute Gasteiger partial charge is 0.366 e. The number of aliphatic imine (C=N–C) groups is 1. The van der Waals surface area contributed by atoms with Crippen molar-refractivity contribution in [2.45, 2.75) is 32.4 Å². The second-order valence-corrected chi connectivity index (χ2v) is 5.04. The average molecular weight is 414 g/mol. The van der Waals surface area contributed by atoms with Crippen LogP contribution in [-0.2, 0) is 6.54 Å². The Kier molecular flexibility index (Phi) is 7.94. The number of rotatable bonds is 5. The summed E-state index contributed by atoms with van der Waals surface area (Å²) in [5, 5.41) is 6.65. The lowest BCUT2D eigenvalue weighted by molar-refractivity contribution is 0.1000. The van der Waals surface area contributed by atoms with E-state index in [0.29, 0.717) is 18.2 Å². The number of primary amides is 1. The van der Waals surface area contributed by atoms with Crippen LogP contribution in [0.5, 0.6) is 0 Å². The van der Waals surface area contributed by atoms with Gasteiger partial charge in [-0.15, -0.1) is 24.0 Å². The van der Waals surface area contributed by atoms with Crippen LogP contribution in [0.4, 0.5) is 0 Å². The van der Waals surface area contributed by atoms with E-state index in [-0.39, 0.29) is 24.0 Å². The molecule has 0 bridgehead atoms. The zero-order valence-corrected chi connectivity index (χ0v) is 15.0. The molecule has 1 aliphatic rings. The molecule has 0 radical (unpaired) electrons. The molecule has 0 aliphatic heterocycles. The van der Waals surface area contributed by atoms with Crippen LogP contribution >= 0.6 is 24.0 Å². The van der Waals surface area contributed by atoms with Crippen molar-refractivity contribution in [2.75, 3.05) is 6.54 Å². The van der Waals surface area contributed by atoms with Crippen LogP contribution in [0.2, 0.25) is 0 Å². The monoisotopic (exact) mass is 414 g/mol. The summed E-state index contributed by atoms with van der Waals surface area (Å²) in [6, 6.07) is 7.68. The third-order valence-corrected chi connectivity index (χ3v) is 3.32. The number of carbonyl (C=O) groups is 1. The zero-order chi connectivity index (χ0) is 15.1. The number of carbonyl (C=O) groups excluding carboxylic acids is 1. The molecule has 1 aromatic carbocycles. The molecule has 0 atom stereocenters. The summed E-state index contributed by atoms with van der Waals surface area (Å²) in [6.07, 6.45) is 6.41. The molecular formula is C16H23IN4O. The fraction of sp³-hybridized carbons (Fsp3) is 0.375. The molecule has 0 spiro atoms. The van der Waals surface area contributed by atoms with Gasteiger partial charge in [0.05, 0.1) is 6.54 Å². The van der Waals surface area contributed by atoms with E-state index in [0.717, 1.165) is 30.9 Å². The third-order valence-electron chi connectivity index (χ3n) is 3.32. The highest BCUT2D eigenvalue weighted by Crippen LogP contribution is 2.09. The van der Waals surface area contributed by atoms with Crippen molar-refractivity contribution < 1.29 is 4.79 Å². The molecule has 1 aromatic rings. The van der Waals surface area contributed by atoms with Gasteiger partial charge in [-0.3, -0.25) is 4.79 Å². The van der Waals surface area contributed by atoms with Crippen LogP contribution < -0.4 is 16.4 Å². The van der Waals surface area contributed by atoms with Crippen LogP contribution in [0.1, 0.15) is 35.7 Å². The van der Waals surface area contributed by atoms with Crippen molar-refractivity contribution >= 4 is 35.8 Å². The number of hydrogen-bond acceptors (Lipinski definition) is 2. The lowest BCUT2D eigenvalue weighted by Crippen LogP contribution is -2.42. The van der Waals surface area contributed by atoms with Crippen molar-refractivity contribution in [1.29, 1.82) is 0 Å². The molecule has 5 nitrogen and oxygen atoms in total. The standard InChI is InChI=1S/C16H22N4O.HI/c1-2-18-16(20-14-8-3-4-9-14)19-11-12-6-5-7-13(10-12)15(17)21;/h3-7,10,14H,2,8-9,11H2,1H3,(H2,17,21)(H2,18,19,20);1H. The molecule has 0 saturated heterocycles. The smallest absolute Gasteiger partial charge is 0.248 e. The summed E-state index contributed by atoms with van der Waals surface area (Å²) < 4.78 is 0. The SMILES string of the molecule is CCNC(=NCc1cccc(C(N)=O)c1)NC1CC=CC1.I. The maximum Gasteiger partial charge on any atom is 0.248 e. The number of nitrogens with two attached hydrogens (primary N) is 1. The Labute approximate surface area is 148 Å². The minimum absolute atomic E-state index is 0. The van der Waals surface area contributed by atoms with E-state index in [4.69, 9.17) is 5.73 Å². The van der Waals surface area contributed by atoms with Crippen molar-refractivity contribution in [3.63, 3.8) is 0 Å². The molecule has 0 saturated carbocycles. The molecular weight excluding hydrogens is 391 g/mol. The third kappa shape index (κ3) is 5.67. The van der Waals surface area contributed by atoms with Gasteiger partial charge in [-0.1, -0.05) is 24.3 Å². The average Bonchev–Trinajstić information content (AvgIpc) is 2.98. The van der Waals surface area contributed by atoms with Gasteiger partial charge in [-0.05, 0) is 37.5 Å². The quantitative estimate of drug-likeness (QED) is 0.299. The molecule has 0 unspecified atom stereocenters. The van der Waals surface area contributed by atoms with E-state index in [9.17, 15) is 4.79 Å². The summed E-state index contributed by atoms with van der Waals surface area (Å²) >= 11 is 0. The summed E-state index contributed by atoms with van der Waals surface area (Å²) in [5.74, 6) is 0.388. The van der Waals surface area contributed by atoms with Gasteiger partial charge in [0, 0.05) is 18.2 Å². The number of halogens is 1. The fourth-order valence-electron chi connectivity index (χ4n) is 2.24. The number of guanidine groups is 1. The molecule has 0 aromatic heterocycles. The van der Waals surface area contributed by atoms with E-state index >= 15 is 0 Å². The van der Waals surface area contributed by atoms with Crippen molar-refractivity contribution in [1.82, 2.24) is 10.6 Å². The van der Waals surface area contributed by atoms with Crippen molar-refractivity contribution in [2.24, 2.45) is 10.7 Å². The Morgan fingerprint density at radius 2 is 2.09 bits per heavy atom. The van der Waals surface area contributed by atoms with E-state index < -0.39 is 5.91 Å². The van der Waals surface area contributed by atoms with E-state index in [2.05, 4.69) is 27.8 Å². The Balaban J connectivity index is 0.00000242. The normalized spacial score (nSPS) is 14.5. The first-order chi connectivity index (χ1) is 10.2. The highest BCUT2D eigenvalue weighted by atomic mass is 127. The maximum atomic E-state index is 11.2. The zero-order valence-electron chi connectivity index (χ0n) is 12.7. The summed E-state index contributed by atoms with van der Waals surface area (Å²) in [5.41, 5.74) is 6.77. The number of hydrogen-bond donors (Lipinski definition) is 3. The predicted octanol–water partition coefficient (Wildman–Crippen LogP) is 2.18. The Hall–Kier alpha value is -1.57. The van der Waals surface area contributed by atoms with Gasteiger partial charge < -0.3 is 16.4 Å². The first-order valence-electron chi connectivity index (χ1n) is 7.27. The minimum atomic E-state index is -0.414. The van der Waals surface area contributed by atoms with Gasteiger partial charge in [-0.2, -0.15) is 0 Å². The number of amides is 1. The van der Waals surface area contributed by atoms with Gasteiger partial charge in [0.25, 0.3) is 0 Å². The van der Waals surface area contributed by atoms with Gasteiger partial charge in [0.15, 0.2) is 5.96 Å². The molecule has 1 amide bonds. The lowest BCUT2D eigenvalue weighted by Gasteiger charge is -2.16. The lowest BCUT2D eigenvalue weighted by atomic mass is 10.1. The van der Waals surface area contributed by atoms with Crippen molar-refractivity contribution in [3.8, 4) is 0 Å². The second-order valence-electron chi connectivity index (χ2n) is 5.04. The highest BCUT2D eigenvalue weighted by molar-refractivity contribution is 14.0. The van der Waals surface area contributed by atoms with Crippen LogP contribution in [-0.4, -0.2) is 24.5 Å². The van der Waals surface area contributed by atoms with Crippen LogP contribution in [0.15, 0.2) is 41.4 Å². The van der Waals surface area contributed by atoms with Gasteiger partial charge >= 0.3 is 0 Å². The Bertz CT molecular complexity index is 549. The van der Waals surface area contributed by atoms with E-state index in [1.165, 1.54) is 0 Å². The van der Waals surface area contributed by atoms with Gasteiger partial charge in [0.1, 0.15) is 0 Å². The van der Waals surface area contributed by atoms with Crippen LogP contribution in [0.3, 0.4) is 0 Å². The van der Waals surface area contributed by atoms with E-state index in [1.54, 1.807) is 12.1 Å². The number of nitrogens with zero attached hydrogens (tertiary/aromatic N) is 1. The predicted molar refractivity (Wildman–Crippen MR) is 100 cm³/mol. The second kappa shape index (κ2) is 9.45. The van der Waals surface area contributed by atoms with Crippen LogP contribution in [0, 0.1) is 0 Å². The summed E-state index contributed by atoms with van der Waals surface area (Å²) in [4.78, 5) is 15.7. The molecule has 0 heterocycles.